The fraction of sp³-hybridized carbons (Fsp3) is 0.667. The smallest absolute Gasteiger partial charge is 0.118 e. The topological polar surface area (TPSA) is 59.1 Å². The summed E-state index contributed by atoms with van der Waals surface area (Å²) in [5, 5.41) is 11.6. The molecular formula is C9H16N2OS. The van der Waals surface area contributed by atoms with Crippen molar-refractivity contribution in [3.8, 4) is 0 Å². The number of aliphatic hydroxyl groups excluding tert-OH is 1. The molecule has 0 aliphatic rings. The first-order valence-electron chi connectivity index (χ1n) is 4.51. The molecule has 1 aromatic heterocycles. The molecule has 74 valence electrons. The van der Waals surface area contributed by atoms with Crippen LogP contribution in [0.2, 0.25) is 0 Å². The molecule has 0 spiro atoms. The number of hydrogen-bond donors (Lipinski definition) is 2. The lowest BCUT2D eigenvalue weighted by Crippen LogP contribution is -2.35. The van der Waals surface area contributed by atoms with Crippen molar-refractivity contribution in [1.29, 1.82) is 0 Å². The summed E-state index contributed by atoms with van der Waals surface area (Å²) in [4.78, 5) is 4.29. The van der Waals surface area contributed by atoms with Crippen LogP contribution in [0.25, 0.3) is 0 Å². The van der Waals surface area contributed by atoms with E-state index in [1.165, 1.54) is 11.3 Å². The van der Waals surface area contributed by atoms with E-state index in [0.29, 0.717) is 0 Å². The van der Waals surface area contributed by atoms with Gasteiger partial charge in [0.1, 0.15) is 5.01 Å². The van der Waals surface area contributed by atoms with Crippen LogP contribution in [0.3, 0.4) is 0 Å². The minimum Gasteiger partial charge on any atom is -0.389 e. The van der Waals surface area contributed by atoms with Gasteiger partial charge in [-0.3, -0.25) is 0 Å². The predicted molar refractivity (Wildman–Crippen MR) is 54.5 cm³/mol. The number of aliphatic hydroxyl groups is 1. The molecule has 0 bridgehead atoms. The number of thiazole rings is 1. The predicted octanol–water partition coefficient (Wildman–Crippen LogP) is 1.61. The van der Waals surface area contributed by atoms with Gasteiger partial charge in [0.25, 0.3) is 0 Å². The number of rotatable bonds is 4. The molecule has 0 amide bonds. The van der Waals surface area contributed by atoms with Crippen molar-refractivity contribution in [1.82, 2.24) is 4.98 Å². The number of aromatic nitrogens is 1. The van der Waals surface area contributed by atoms with Gasteiger partial charge in [0, 0.05) is 5.38 Å². The summed E-state index contributed by atoms with van der Waals surface area (Å²) in [5.74, 6) is 0. The van der Waals surface area contributed by atoms with E-state index in [0.717, 1.165) is 23.5 Å². The maximum Gasteiger partial charge on any atom is 0.118 e. The van der Waals surface area contributed by atoms with Gasteiger partial charge < -0.3 is 10.8 Å². The van der Waals surface area contributed by atoms with E-state index < -0.39 is 0 Å². The molecule has 0 atom stereocenters. The van der Waals surface area contributed by atoms with Gasteiger partial charge in [-0.25, -0.2) is 4.98 Å². The van der Waals surface area contributed by atoms with Gasteiger partial charge in [-0.05, 0) is 12.8 Å². The van der Waals surface area contributed by atoms with Gasteiger partial charge in [-0.15, -0.1) is 11.3 Å². The minimum absolute atomic E-state index is 0.00811. The van der Waals surface area contributed by atoms with Gasteiger partial charge >= 0.3 is 0 Å². The first-order chi connectivity index (χ1) is 6.16. The molecule has 1 rings (SSSR count). The Morgan fingerprint density at radius 3 is 2.54 bits per heavy atom. The second-order valence-corrected chi connectivity index (χ2v) is 4.09. The average Bonchev–Trinajstić information content (AvgIpc) is 2.65. The summed E-state index contributed by atoms with van der Waals surface area (Å²) in [6.07, 6.45) is 1.75. The van der Waals surface area contributed by atoms with Crippen LogP contribution in [0.15, 0.2) is 5.38 Å². The molecule has 0 fully saturated rings. The summed E-state index contributed by atoms with van der Waals surface area (Å²) in [6.45, 7) is 4.12. The molecular weight excluding hydrogens is 184 g/mol. The van der Waals surface area contributed by atoms with Gasteiger partial charge in [-0.1, -0.05) is 13.8 Å². The van der Waals surface area contributed by atoms with Crippen LogP contribution < -0.4 is 5.73 Å². The van der Waals surface area contributed by atoms with Gasteiger partial charge in [0.2, 0.25) is 0 Å². The molecule has 0 unspecified atom stereocenters. The number of hydrogen-bond acceptors (Lipinski definition) is 4. The van der Waals surface area contributed by atoms with Crippen molar-refractivity contribution in [2.45, 2.75) is 38.8 Å². The Balaban J connectivity index is 2.91. The van der Waals surface area contributed by atoms with Crippen molar-refractivity contribution in [3.63, 3.8) is 0 Å². The second-order valence-electron chi connectivity index (χ2n) is 3.15. The Morgan fingerprint density at radius 2 is 2.15 bits per heavy atom. The lowest BCUT2D eigenvalue weighted by atomic mass is 9.91. The highest BCUT2D eigenvalue weighted by Crippen LogP contribution is 2.26. The van der Waals surface area contributed by atoms with E-state index in [-0.39, 0.29) is 12.1 Å². The zero-order chi connectivity index (χ0) is 9.90. The third kappa shape index (κ3) is 2.07. The van der Waals surface area contributed by atoms with Crippen LogP contribution in [0, 0.1) is 0 Å². The molecule has 0 aliphatic heterocycles. The van der Waals surface area contributed by atoms with Crippen molar-refractivity contribution < 1.29 is 5.11 Å². The molecule has 0 radical (unpaired) electrons. The Kier molecular flexibility index (Phi) is 3.41. The average molecular weight is 200 g/mol. The van der Waals surface area contributed by atoms with Crippen LogP contribution in [0.4, 0.5) is 0 Å². The molecule has 3 N–H and O–H groups in total. The molecule has 0 aliphatic carbocycles. The summed E-state index contributed by atoms with van der Waals surface area (Å²) in [6, 6.07) is 0. The van der Waals surface area contributed by atoms with Crippen LogP contribution in [-0.4, -0.2) is 10.1 Å². The summed E-state index contributed by atoms with van der Waals surface area (Å²) in [7, 11) is 0. The summed E-state index contributed by atoms with van der Waals surface area (Å²) >= 11 is 1.47. The maximum absolute atomic E-state index is 8.87. The quantitative estimate of drug-likeness (QED) is 0.776. The van der Waals surface area contributed by atoms with Crippen molar-refractivity contribution in [3.05, 3.63) is 16.1 Å². The highest BCUT2D eigenvalue weighted by molar-refractivity contribution is 7.09. The molecule has 1 heterocycles. The van der Waals surface area contributed by atoms with Gasteiger partial charge in [0.05, 0.1) is 17.8 Å². The van der Waals surface area contributed by atoms with Gasteiger partial charge in [0.15, 0.2) is 0 Å². The second kappa shape index (κ2) is 4.17. The third-order valence-corrected chi connectivity index (χ3v) is 3.29. The standard InChI is InChI=1S/C9H16N2OS/c1-3-9(10,4-2)7-6-13-8(5-12)11-7/h6,12H,3-5,10H2,1-2H3. The molecule has 1 aromatic rings. The van der Waals surface area contributed by atoms with Crippen molar-refractivity contribution in [2.75, 3.05) is 0 Å². The minimum atomic E-state index is -0.316. The lowest BCUT2D eigenvalue weighted by Gasteiger charge is -2.24. The largest absolute Gasteiger partial charge is 0.389 e. The Bertz CT molecular complexity index is 268. The molecule has 4 heteroatoms. The summed E-state index contributed by atoms with van der Waals surface area (Å²) < 4.78 is 0. The van der Waals surface area contributed by atoms with Gasteiger partial charge in [-0.2, -0.15) is 0 Å². The van der Waals surface area contributed by atoms with Crippen molar-refractivity contribution in [2.24, 2.45) is 5.73 Å². The van der Waals surface area contributed by atoms with E-state index in [1.807, 2.05) is 5.38 Å². The summed E-state index contributed by atoms with van der Waals surface area (Å²) in [5.41, 5.74) is 6.74. The molecule has 0 aromatic carbocycles. The SMILES string of the molecule is CCC(N)(CC)c1csc(CO)n1. The van der Waals surface area contributed by atoms with Crippen LogP contribution in [0.1, 0.15) is 37.4 Å². The first kappa shape index (κ1) is 10.6. The normalized spacial score (nSPS) is 12.0. The maximum atomic E-state index is 8.87. The van der Waals surface area contributed by atoms with E-state index in [4.69, 9.17) is 10.8 Å². The zero-order valence-corrected chi connectivity index (χ0v) is 8.90. The third-order valence-electron chi connectivity index (χ3n) is 2.46. The fourth-order valence-corrected chi connectivity index (χ4v) is 1.99. The lowest BCUT2D eigenvalue weighted by molar-refractivity contribution is 0.280. The monoisotopic (exact) mass is 200 g/mol. The van der Waals surface area contributed by atoms with Crippen LogP contribution in [-0.2, 0) is 12.1 Å². The Morgan fingerprint density at radius 1 is 1.54 bits per heavy atom. The highest BCUT2D eigenvalue weighted by atomic mass is 32.1. The van der Waals surface area contributed by atoms with E-state index in [9.17, 15) is 0 Å². The van der Waals surface area contributed by atoms with E-state index in [1.54, 1.807) is 0 Å². The molecule has 0 saturated heterocycles. The van der Waals surface area contributed by atoms with Crippen LogP contribution >= 0.6 is 11.3 Å². The molecule has 0 saturated carbocycles. The van der Waals surface area contributed by atoms with Crippen LogP contribution in [0.5, 0.6) is 0 Å². The Hall–Kier alpha value is -0.450. The number of nitrogens with two attached hydrogens (primary N) is 1. The molecule has 3 nitrogen and oxygen atoms in total. The van der Waals surface area contributed by atoms with E-state index >= 15 is 0 Å². The van der Waals surface area contributed by atoms with E-state index in [2.05, 4.69) is 18.8 Å². The molecule has 13 heavy (non-hydrogen) atoms. The zero-order valence-electron chi connectivity index (χ0n) is 8.08. The fourth-order valence-electron chi connectivity index (χ4n) is 1.22. The highest BCUT2D eigenvalue weighted by Gasteiger charge is 2.25. The van der Waals surface area contributed by atoms with Crippen molar-refractivity contribution >= 4 is 11.3 Å². The Labute approximate surface area is 82.6 Å². The first-order valence-corrected chi connectivity index (χ1v) is 5.39. The number of nitrogens with zero attached hydrogens (tertiary/aromatic N) is 1.